The quantitative estimate of drug-likeness (QED) is 0.680. The highest BCUT2D eigenvalue weighted by Gasteiger charge is 2.27. The lowest BCUT2D eigenvalue weighted by molar-refractivity contribution is -0.132. The van der Waals surface area contributed by atoms with Crippen molar-refractivity contribution in [3.05, 3.63) is 23.3 Å². The molecule has 2 rings (SSSR count). The summed E-state index contributed by atoms with van der Waals surface area (Å²) < 4.78 is 0. The Hall–Kier alpha value is -1.42. The van der Waals surface area contributed by atoms with E-state index in [2.05, 4.69) is 9.98 Å². The average molecular weight is 197 g/mol. The molecule has 0 bridgehead atoms. The molecule has 0 spiro atoms. The fourth-order valence-corrected chi connectivity index (χ4v) is 1.45. The van der Waals surface area contributed by atoms with Gasteiger partial charge in [0, 0.05) is 11.8 Å². The van der Waals surface area contributed by atoms with Gasteiger partial charge < -0.3 is 5.11 Å². The van der Waals surface area contributed by atoms with Crippen molar-refractivity contribution in [1.82, 2.24) is 0 Å². The number of nitrogens with zero attached hydrogens (tertiary/aromatic N) is 2. The predicted molar refractivity (Wildman–Crippen MR) is 49.4 cm³/mol. The van der Waals surface area contributed by atoms with Crippen LogP contribution in [0.2, 0.25) is 0 Å². The first-order valence-electron chi connectivity index (χ1n) is 3.60. The molecule has 1 atom stereocenters. The lowest BCUT2D eigenvalue weighted by Gasteiger charge is -2.13. The van der Waals surface area contributed by atoms with Crippen LogP contribution >= 0.6 is 11.6 Å². The summed E-state index contributed by atoms with van der Waals surface area (Å²) in [6, 6.07) is 0. The lowest BCUT2D eigenvalue weighted by Crippen LogP contribution is -2.17. The zero-order valence-corrected chi connectivity index (χ0v) is 7.19. The molecule has 0 radical (unpaired) electrons. The minimum atomic E-state index is -1.00. The Labute approximate surface area is 79.0 Å². The number of carboxylic acid groups (broad SMARTS) is 1. The summed E-state index contributed by atoms with van der Waals surface area (Å²) in [5.74, 6) is -1.00. The number of hydrogen-bond donors (Lipinski definition) is 1. The SMILES string of the molecule is O=C(O)C1=CC(Cl)=N[C@@H]2N=CC=C12. The first-order chi connectivity index (χ1) is 6.18. The van der Waals surface area contributed by atoms with E-state index >= 15 is 0 Å². The molecular weight excluding hydrogens is 192 g/mol. The van der Waals surface area contributed by atoms with Crippen molar-refractivity contribution in [1.29, 1.82) is 0 Å². The molecule has 0 fully saturated rings. The molecule has 0 saturated carbocycles. The van der Waals surface area contributed by atoms with Gasteiger partial charge in [-0.2, -0.15) is 0 Å². The van der Waals surface area contributed by atoms with Gasteiger partial charge in [-0.15, -0.1) is 0 Å². The number of carboxylic acids is 1. The summed E-state index contributed by atoms with van der Waals surface area (Å²) in [6.45, 7) is 0. The fraction of sp³-hybridized carbons (Fsp3) is 0.125. The Morgan fingerprint density at radius 3 is 3.08 bits per heavy atom. The van der Waals surface area contributed by atoms with Crippen molar-refractivity contribution in [3.63, 3.8) is 0 Å². The third kappa shape index (κ3) is 1.29. The van der Waals surface area contributed by atoms with Crippen LogP contribution < -0.4 is 0 Å². The molecule has 0 saturated heterocycles. The first-order valence-corrected chi connectivity index (χ1v) is 3.98. The first kappa shape index (κ1) is 8.19. The van der Waals surface area contributed by atoms with E-state index in [9.17, 15) is 4.79 Å². The number of allylic oxidation sites excluding steroid dienone is 2. The monoisotopic (exact) mass is 196 g/mol. The predicted octanol–water partition coefficient (Wildman–Crippen LogP) is 0.985. The van der Waals surface area contributed by atoms with Crippen molar-refractivity contribution >= 4 is 29.0 Å². The second-order valence-corrected chi connectivity index (χ2v) is 3.00. The Morgan fingerprint density at radius 2 is 2.38 bits per heavy atom. The average Bonchev–Trinajstić information content (AvgIpc) is 2.49. The molecular formula is C8H5ClN2O2. The molecule has 0 aromatic rings. The van der Waals surface area contributed by atoms with Crippen molar-refractivity contribution < 1.29 is 9.90 Å². The van der Waals surface area contributed by atoms with Crippen LogP contribution in [0.5, 0.6) is 0 Å². The van der Waals surface area contributed by atoms with E-state index in [4.69, 9.17) is 16.7 Å². The second kappa shape index (κ2) is 2.81. The number of dihydropyridines is 1. The second-order valence-electron chi connectivity index (χ2n) is 2.61. The van der Waals surface area contributed by atoms with Crippen molar-refractivity contribution in [2.24, 2.45) is 9.98 Å². The van der Waals surface area contributed by atoms with Crippen LogP contribution in [0.25, 0.3) is 0 Å². The van der Waals surface area contributed by atoms with Crippen molar-refractivity contribution in [2.45, 2.75) is 6.17 Å². The maximum Gasteiger partial charge on any atom is 0.336 e. The van der Waals surface area contributed by atoms with Crippen LogP contribution in [0.1, 0.15) is 0 Å². The third-order valence-electron chi connectivity index (χ3n) is 1.81. The van der Waals surface area contributed by atoms with Gasteiger partial charge in [0.2, 0.25) is 0 Å². The number of aliphatic carboxylic acids is 1. The highest BCUT2D eigenvalue weighted by atomic mass is 35.5. The summed E-state index contributed by atoms with van der Waals surface area (Å²) in [6.07, 6.45) is 4.05. The van der Waals surface area contributed by atoms with E-state index in [1.165, 1.54) is 12.3 Å². The van der Waals surface area contributed by atoms with E-state index < -0.39 is 12.1 Å². The Bertz CT molecular complexity index is 393. The van der Waals surface area contributed by atoms with Gasteiger partial charge >= 0.3 is 5.97 Å². The molecule has 1 N–H and O–H groups in total. The minimum absolute atomic E-state index is 0.169. The molecule has 66 valence electrons. The zero-order valence-electron chi connectivity index (χ0n) is 6.44. The maximum atomic E-state index is 10.8. The van der Waals surface area contributed by atoms with E-state index in [-0.39, 0.29) is 10.7 Å². The van der Waals surface area contributed by atoms with E-state index in [0.29, 0.717) is 5.57 Å². The van der Waals surface area contributed by atoms with Gasteiger partial charge in [-0.1, -0.05) is 11.6 Å². The Balaban J connectivity index is 2.47. The largest absolute Gasteiger partial charge is 0.478 e. The molecule has 0 unspecified atom stereocenters. The van der Waals surface area contributed by atoms with Gasteiger partial charge in [0.05, 0.1) is 5.57 Å². The highest BCUT2D eigenvalue weighted by Crippen LogP contribution is 2.26. The van der Waals surface area contributed by atoms with Gasteiger partial charge in [0.25, 0.3) is 0 Å². The molecule has 2 aliphatic rings. The standard InChI is InChI=1S/C8H5ClN2O2/c9-6-3-5(8(12)13)4-1-2-10-7(4)11-6/h1-3,7H,(H,12,13)/t7-/m0/s1. The molecule has 2 heterocycles. The number of carbonyl (C=O) groups is 1. The number of hydrogen-bond acceptors (Lipinski definition) is 3. The van der Waals surface area contributed by atoms with Crippen LogP contribution in [0.3, 0.4) is 0 Å². The van der Waals surface area contributed by atoms with Gasteiger partial charge in [0.15, 0.2) is 6.17 Å². The topological polar surface area (TPSA) is 62.0 Å². The molecule has 0 aromatic carbocycles. The smallest absolute Gasteiger partial charge is 0.336 e. The van der Waals surface area contributed by atoms with E-state index in [0.717, 1.165) is 0 Å². The number of rotatable bonds is 1. The van der Waals surface area contributed by atoms with Gasteiger partial charge in [-0.3, -0.25) is 4.99 Å². The van der Waals surface area contributed by atoms with Crippen LogP contribution in [-0.4, -0.2) is 28.6 Å². The van der Waals surface area contributed by atoms with Gasteiger partial charge in [-0.05, 0) is 12.2 Å². The zero-order chi connectivity index (χ0) is 9.42. The lowest BCUT2D eigenvalue weighted by atomic mass is 10.0. The van der Waals surface area contributed by atoms with E-state index in [1.54, 1.807) is 6.08 Å². The molecule has 0 amide bonds. The molecule has 0 aromatic heterocycles. The Kier molecular flexibility index (Phi) is 1.77. The third-order valence-corrected chi connectivity index (χ3v) is 2.02. The summed E-state index contributed by atoms with van der Waals surface area (Å²) in [7, 11) is 0. The van der Waals surface area contributed by atoms with Gasteiger partial charge in [-0.25, -0.2) is 9.79 Å². The fourth-order valence-electron chi connectivity index (χ4n) is 1.24. The molecule has 2 aliphatic heterocycles. The number of halogens is 1. The highest BCUT2D eigenvalue weighted by molar-refractivity contribution is 6.68. The van der Waals surface area contributed by atoms with Crippen LogP contribution in [-0.2, 0) is 4.79 Å². The summed E-state index contributed by atoms with van der Waals surface area (Å²) >= 11 is 5.63. The number of aliphatic imine (C=N–C) groups is 2. The summed E-state index contributed by atoms with van der Waals surface area (Å²) in [5.41, 5.74) is 0.763. The van der Waals surface area contributed by atoms with Crippen LogP contribution in [0.15, 0.2) is 33.3 Å². The normalized spacial score (nSPS) is 24.7. The van der Waals surface area contributed by atoms with Crippen LogP contribution in [0.4, 0.5) is 0 Å². The molecule has 4 nitrogen and oxygen atoms in total. The molecule has 13 heavy (non-hydrogen) atoms. The summed E-state index contributed by atoms with van der Waals surface area (Å²) in [4.78, 5) is 18.7. The van der Waals surface area contributed by atoms with E-state index in [1.807, 2.05) is 0 Å². The minimum Gasteiger partial charge on any atom is -0.478 e. The molecule has 5 heteroatoms. The summed E-state index contributed by atoms with van der Waals surface area (Å²) in [5, 5.41) is 9.00. The maximum absolute atomic E-state index is 10.8. The Morgan fingerprint density at radius 1 is 1.62 bits per heavy atom. The van der Waals surface area contributed by atoms with Gasteiger partial charge in [0.1, 0.15) is 5.17 Å². The van der Waals surface area contributed by atoms with Crippen molar-refractivity contribution in [3.8, 4) is 0 Å². The van der Waals surface area contributed by atoms with Crippen molar-refractivity contribution in [2.75, 3.05) is 0 Å². The number of fused-ring (bicyclic) bond motifs is 1. The van der Waals surface area contributed by atoms with Crippen LogP contribution in [0, 0.1) is 0 Å². The molecule has 0 aliphatic carbocycles.